The SMILES string of the molecule is C.C.C.CC(C)(C)OC(=O)N[C@H]1CCCCC/C=C\[C@@H]2C[C@@]2(C(=O)O)NC(=O)[C@@H]2C[C@@H](OC(=O)N3CCc4ccccc4C3)CN2C1=O.CCOC(=O)[C@@]12C[C@H]1/C=C\CCCCC[C@H](NC(=O)OC(C)(C)C)C(=O)N1C[C@H](OC(=O)N3CCc4ccccc4C3)C[C@H]1C(=O)N2.O.[H-].[Li+]. The molecule has 26 heteroatoms. The van der Waals surface area contributed by atoms with Gasteiger partial charge in [-0.1, -0.05) is 121 Å². The molecule has 2 saturated heterocycles. The molecule has 10 atom stereocenters. The van der Waals surface area contributed by atoms with Gasteiger partial charge in [0.1, 0.15) is 58.7 Å². The Morgan fingerprint density at radius 1 is 0.598 bits per heavy atom. The first kappa shape index (κ1) is 81.8. The topological polar surface area (TPSA) is 330 Å². The van der Waals surface area contributed by atoms with Gasteiger partial charge in [0, 0.05) is 50.9 Å². The third-order valence-corrected chi connectivity index (χ3v) is 18.2. The molecule has 4 fully saturated rings. The Labute approximate surface area is 585 Å². The third kappa shape index (κ3) is 21.0. The molecule has 0 spiro atoms. The number of carbonyl (C=O) groups excluding carboxylic acids is 9. The molecule has 97 heavy (non-hydrogen) atoms. The van der Waals surface area contributed by atoms with Gasteiger partial charge >= 0.3 is 55.2 Å². The summed E-state index contributed by atoms with van der Waals surface area (Å²) in [6.07, 6.45) is 12.6. The van der Waals surface area contributed by atoms with Crippen molar-refractivity contribution < 1.29 is 102 Å². The monoisotopic (exact) mass is 1350 g/mol. The van der Waals surface area contributed by atoms with Crippen molar-refractivity contribution in [1.29, 1.82) is 0 Å². The summed E-state index contributed by atoms with van der Waals surface area (Å²) < 4.78 is 28.0. The average Bonchev–Trinajstić information content (AvgIpc) is 1.59. The average molecular weight is 1350 g/mol. The summed E-state index contributed by atoms with van der Waals surface area (Å²) in [6, 6.07) is 11.8. The van der Waals surface area contributed by atoms with Gasteiger partial charge < -0.3 is 76.6 Å². The van der Waals surface area contributed by atoms with Gasteiger partial charge in [0.15, 0.2) is 0 Å². The van der Waals surface area contributed by atoms with E-state index >= 15 is 0 Å². The molecule has 534 valence electrons. The van der Waals surface area contributed by atoms with E-state index in [0.717, 1.165) is 49.7 Å². The van der Waals surface area contributed by atoms with Gasteiger partial charge in [-0.3, -0.25) is 19.2 Å². The minimum Gasteiger partial charge on any atom is -1.00 e. The number of fused-ring (bicyclic) bond motifs is 6. The number of rotatable bonds is 7. The Balaban J connectivity index is 0.000000481. The summed E-state index contributed by atoms with van der Waals surface area (Å²) in [7, 11) is 0. The van der Waals surface area contributed by atoms with E-state index in [1.807, 2.05) is 66.8 Å². The molecule has 2 aliphatic carbocycles. The van der Waals surface area contributed by atoms with E-state index in [0.29, 0.717) is 71.1 Å². The Morgan fingerprint density at radius 2 is 0.990 bits per heavy atom. The van der Waals surface area contributed by atoms with Crippen LogP contribution in [-0.4, -0.2) is 182 Å². The number of ether oxygens (including phenoxy) is 5. The van der Waals surface area contributed by atoms with Gasteiger partial charge in [-0.25, -0.2) is 28.8 Å². The van der Waals surface area contributed by atoms with E-state index in [1.54, 1.807) is 58.3 Å². The minimum atomic E-state index is -1.45. The van der Waals surface area contributed by atoms with E-state index in [1.165, 1.54) is 20.9 Å². The summed E-state index contributed by atoms with van der Waals surface area (Å²) in [4.78, 5) is 140. The van der Waals surface area contributed by atoms with E-state index in [9.17, 15) is 53.1 Å². The van der Waals surface area contributed by atoms with Gasteiger partial charge in [0.25, 0.3) is 0 Å². The summed E-state index contributed by atoms with van der Waals surface area (Å²) in [5.41, 5.74) is 0.240. The molecule has 0 bridgehead atoms. The zero-order valence-electron chi connectivity index (χ0n) is 56.7. The summed E-state index contributed by atoms with van der Waals surface area (Å²) in [5, 5.41) is 21.1. The van der Waals surface area contributed by atoms with Crippen LogP contribution in [0.5, 0.6) is 0 Å². The number of hydrogen-bond acceptors (Lipinski definition) is 15. The number of carbonyl (C=O) groups is 10. The van der Waals surface area contributed by atoms with Crippen molar-refractivity contribution in [2.45, 2.75) is 245 Å². The number of alkyl carbamates (subject to hydrolysis) is 2. The van der Waals surface area contributed by atoms with Crippen LogP contribution >= 0.6 is 0 Å². The molecule has 8 aliphatic rings. The number of amides is 8. The minimum absolute atomic E-state index is 0. The maximum absolute atomic E-state index is 14.2. The molecule has 6 aliphatic heterocycles. The van der Waals surface area contributed by atoms with E-state index in [4.69, 9.17) is 23.7 Å². The molecule has 0 aromatic heterocycles. The second kappa shape index (κ2) is 35.2. The molecule has 6 heterocycles. The first-order valence-corrected chi connectivity index (χ1v) is 32.8. The number of nitrogens with zero attached hydrogens (tertiary/aromatic N) is 4. The summed E-state index contributed by atoms with van der Waals surface area (Å²) in [6.45, 7) is 14.0. The molecule has 0 radical (unpaired) electrons. The first-order valence-electron chi connectivity index (χ1n) is 32.8. The van der Waals surface area contributed by atoms with Gasteiger partial charge in [0.05, 0.1) is 19.7 Å². The maximum atomic E-state index is 14.2. The Bertz CT molecular complexity index is 3180. The fourth-order valence-electron chi connectivity index (χ4n) is 13.2. The van der Waals surface area contributed by atoms with Crippen molar-refractivity contribution >= 4 is 59.9 Å². The molecule has 2 aromatic rings. The van der Waals surface area contributed by atoms with Gasteiger partial charge in [-0.15, -0.1) is 0 Å². The number of nitrogens with one attached hydrogen (secondary N) is 4. The van der Waals surface area contributed by atoms with E-state index in [2.05, 4.69) is 27.3 Å². The second-order valence-electron chi connectivity index (χ2n) is 27.5. The van der Waals surface area contributed by atoms with Crippen LogP contribution in [0.15, 0.2) is 72.8 Å². The molecule has 25 nitrogen and oxygen atoms in total. The molecule has 8 amide bonds. The van der Waals surface area contributed by atoms with Crippen LogP contribution in [0.4, 0.5) is 19.2 Å². The predicted octanol–water partition coefficient (Wildman–Crippen LogP) is 5.73. The Hall–Kier alpha value is -7.62. The van der Waals surface area contributed by atoms with Crippen LogP contribution in [-0.2, 0) is 78.4 Å². The summed E-state index contributed by atoms with van der Waals surface area (Å²) >= 11 is 0. The second-order valence-corrected chi connectivity index (χ2v) is 27.5. The van der Waals surface area contributed by atoms with Crippen LogP contribution in [0.2, 0.25) is 0 Å². The van der Waals surface area contributed by atoms with Gasteiger partial charge in [-0.2, -0.15) is 0 Å². The van der Waals surface area contributed by atoms with Crippen LogP contribution in [0, 0.1) is 11.8 Å². The standard InChI is InChI=1S/C35H48N4O8.C33H44N4O8.3CH4.Li.H2O.H/c1-5-45-31(42)35-20-25(35)15-9-7-6-8-10-16-27(36-32(43)47-34(2,3)4)30(41)39-22-26(19-28(39)29(40)37-35)46-33(44)38-18-17-23-13-11-12-14-24(23)21-38;1-32(2,3)45-30(42)34-25-14-8-6-4-5-7-13-23-18-33(23,29(40)41)35-27(38)26-17-24(20-37(26)28(25)39)44-31(43)36-16-15-21-11-9-10-12-22(21)19-36;;;;;;/h9,11-15,25-28H,5-8,10,16-22H2,1-4H3,(H,36,43)(H,37,40);7,9-13,23-26H,4-6,8,14-20H2,1-3H3,(H,34,42)(H,35,38)(H,40,41);3*1H4;;1H2;/q;;;;;+1;;-1/b15-9-;13-7-;;;;;;/t25-,26-,27+,28+,35-;23-,24-,25+,26+,33-;;;;;;/m11....../s1. The molecule has 10 rings (SSSR count). The summed E-state index contributed by atoms with van der Waals surface area (Å²) in [5.74, 6) is -4.35. The van der Waals surface area contributed by atoms with Crippen molar-refractivity contribution in [2.24, 2.45) is 11.8 Å². The number of benzene rings is 2. The Morgan fingerprint density at radius 3 is 1.39 bits per heavy atom. The number of hydrogen-bond donors (Lipinski definition) is 5. The van der Waals surface area contributed by atoms with Crippen LogP contribution in [0.1, 0.15) is 184 Å². The number of carboxylic acid groups (broad SMARTS) is 1. The molecule has 7 N–H and O–H groups in total. The molecular formula is C71H107LiN8O17. The maximum Gasteiger partial charge on any atom is 1.00 e. The van der Waals surface area contributed by atoms with E-state index in [-0.39, 0.29) is 98.8 Å². The molecule has 2 saturated carbocycles. The first-order chi connectivity index (χ1) is 43.8. The van der Waals surface area contributed by atoms with Gasteiger partial charge in [-0.05, 0) is 135 Å². The van der Waals surface area contributed by atoms with Gasteiger partial charge in [0.2, 0.25) is 23.6 Å². The Kier molecular flexibility index (Phi) is 29.7. The molecule has 2 aromatic carbocycles. The van der Waals surface area contributed by atoms with Crippen molar-refractivity contribution in [3.8, 4) is 0 Å². The van der Waals surface area contributed by atoms with Crippen molar-refractivity contribution in [1.82, 2.24) is 40.9 Å². The van der Waals surface area contributed by atoms with Crippen LogP contribution < -0.4 is 40.1 Å². The van der Waals surface area contributed by atoms with Crippen LogP contribution in [0.3, 0.4) is 0 Å². The van der Waals surface area contributed by atoms with Crippen molar-refractivity contribution in [3.05, 3.63) is 95.1 Å². The molecular weight excluding hydrogens is 1240 g/mol. The largest absolute Gasteiger partial charge is 1.00 e. The fraction of sp³-hybridized carbons (Fsp3) is 0.634. The van der Waals surface area contributed by atoms with E-state index < -0.39 is 119 Å². The number of allylic oxidation sites excluding steroid dienone is 2. The zero-order chi connectivity index (χ0) is 66.1. The molecule has 0 unspecified atom stereocenters. The number of carboxylic acids is 1. The quantitative estimate of drug-likeness (QED) is 0.0957. The number of aliphatic carboxylic acids is 1. The third-order valence-electron chi connectivity index (χ3n) is 18.2. The van der Waals surface area contributed by atoms with Crippen molar-refractivity contribution in [2.75, 3.05) is 32.8 Å². The number of esters is 1. The smallest absolute Gasteiger partial charge is 1.00 e. The predicted molar refractivity (Wildman–Crippen MR) is 360 cm³/mol. The van der Waals surface area contributed by atoms with Crippen LogP contribution in [0.25, 0.3) is 0 Å². The fourth-order valence-corrected chi connectivity index (χ4v) is 13.2. The normalized spacial score (nSPS) is 27.6. The zero-order valence-corrected chi connectivity index (χ0v) is 55.7. The van der Waals surface area contributed by atoms with Crippen molar-refractivity contribution in [3.63, 3.8) is 0 Å².